The number of para-hydroxylation sites is 1. The highest BCUT2D eigenvalue weighted by atomic mass is 79.9. The van der Waals surface area contributed by atoms with Crippen molar-refractivity contribution in [2.45, 2.75) is 26.2 Å². The lowest BCUT2D eigenvalue weighted by atomic mass is 9.71. The molecular weight excluding hydrogens is 280 g/mol. The van der Waals surface area contributed by atoms with Gasteiger partial charge in [-0.1, -0.05) is 34.5 Å². The van der Waals surface area contributed by atoms with Crippen molar-refractivity contribution in [1.29, 1.82) is 0 Å². The average molecular weight is 297 g/mol. The van der Waals surface area contributed by atoms with Crippen LogP contribution in [0.25, 0.3) is 0 Å². The molecule has 1 saturated carbocycles. The monoisotopic (exact) mass is 296 g/mol. The van der Waals surface area contributed by atoms with E-state index in [9.17, 15) is 4.79 Å². The lowest BCUT2D eigenvalue weighted by molar-refractivity contribution is 0.0819. The van der Waals surface area contributed by atoms with Crippen LogP contribution in [0.4, 0.5) is 0 Å². The second-order valence-corrected chi connectivity index (χ2v) is 5.39. The van der Waals surface area contributed by atoms with Crippen LogP contribution >= 0.6 is 15.9 Å². The Labute approximate surface area is 110 Å². The van der Waals surface area contributed by atoms with Crippen LogP contribution in [0.2, 0.25) is 0 Å². The van der Waals surface area contributed by atoms with Gasteiger partial charge in [-0.3, -0.25) is 4.79 Å². The Kier molecular flexibility index (Phi) is 3.87. The summed E-state index contributed by atoms with van der Waals surface area (Å²) in [6, 6.07) is 7.47. The Morgan fingerprint density at radius 1 is 1.41 bits per heavy atom. The third kappa shape index (κ3) is 2.71. The molecule has 0 bridgehead atoms. The number of Topliss-reactive ketones (excluding diaryl/α,β-unsaturated/α-hetero) is 1. The number of hydrogen-bond donors (Lipinski definition) is 0. The van der Waals surface area contributed by atoms with Crippen LogP contribution in [0, 0.1) is 5.41 Å². The minimum absolute atomic E-state index is 0.0575. The Hall–Kier alpha value is -0.830. The van der Waals surface area contributed by atoms with Crippen LogP contribution in [0.3, 0.4) is 0 Å². The lowest BCUT2D eigenvalue weighted by Crippen LogP contribution is -2.37. The third-order valence-electron chi connectivity index (χ3n) is 3.50. The summed E-state index contributed by atoms with van der Waals surface area (Å²) in [6.45, 7) is 2.27. The van der Waals surface area contributed by atoms with Crippen molar-refractivity contribution in [3.63, 3.8) is 0 Å². The van der Waals surface area contributed by atoms with E-state index in [1.54, 1.807) is 6.92 Å². The third-order valence-corrected chi connectivity index (χ3v) is 4.69. The van der Waals surface area contributed by atoms with Crippen molar-refractivity contribution in [1.82, 2.24) is 0 Å². The van der Waals surface area contributed by atoms with Gasteiger partial charge >= 0.3 is 0 Å². The summed E-state index contributed by atoms with van der Waals surface area (Å²) in [5.41, 5.74) is 0.959. The van der Waals surface area contributed by atoms with Gasteiger partial charge in [0.05, 0.1) is 12.2 Å². The van der Waals surface area contributed by atoms with E-state index in [0.717, 1.165) is 5.33 Å². The van der Waals surface area contributed by atoms with Crippen LogP contribution in [0.5, 0.6) is 5.75 Å². The van der Waals surface area contributed by atoms with Crippen LogP contribution in [-0.2, 0) is 0 Å². The van der Waals surface area contributed by atoms with Gasteiger partial charge in [-0.25, -0.2) is 0 Å². The largest absolute Gasteiger partial charge is 0.492 e. The van der Waals surface area contributed by atoms with E-state index in [-0.39, 0.29) is 11.2 Å². The van der Waals surface area contributed by atoms with E-state index in [2.05, 4.69) is 15.9 Å². The molecular formula is C14H17BrO2. The van der Waals surface area contributed by atoms with E-state index in [4.69, 9.17) is 4.74 Å². The summed E-state index contributed by atoms with van der Waals surface area (Å²) in [7, 11) is 0. The highest BCUT2D eigenvalue weighted by molar-refractivity contribution is 9.09. The standard InChI is InChI=1S/C14H17BrO2/c1-11(16)12-5-2-3-6-13(12)17-10-14(9-15)7-4-8-14/h2-3,5-6H,4,7-10H2,1H3. The minimum atomic E-state index is 0.0575. The molecule has 1 aliphatic carbocycles. The van der Waals surface area contributed by atoms with E-state index < -0.39 is 0 Å². The van der Waals surface area contributed by atoms with Crippen LogP contribution < -0.4 is 4.74 Å². The Bertz CT molecular complexity index is 405. The molecule has 2 nitrogen and oxygen atoms in total. The summed E-state index contributed by atoms with van der Waals surface area (Å²) >= 11 is 3.56. The normalized spacial score (nSPS) is 17.3. The summed E-state index contributed by atoms with van der Waals surface area (Å²) in [4.78, 5) is 11.5. The van der Waals surface area contributed by atoms with Crippen molar-refractivity contribution < 1.29 is 9.53 Å². The molecule has 17 heavy (non-hydrogen) atoms. The molecule has 0 amide bonds. The van der Waals surface area contributed by atoms with Crippen molar-refractivity contribution in [2.24, 2.45) is 5.41 Å². The number of benzene rings is 1. The molecule has 0 radical (unpaired) electrons. The fourth-order valence-corrected chi connectivity index (χ4v) is 2.83. The smallest absolute Gasteiger partial charge is 0.163 e. The first-order chi connectivity index (χ1) is 8.17. The minimum Gasteiger partial charge on any atom is -0.492 e. The van der Waals surface area contributed by atoms with E-state index >= 15 is 0 Å². The van der Waals surface area contributed by atoms with Crippen LogP contribution in [-0.4, -0.2) is 17.7 Å². The molecule has 3 heteroatoms. The summed E-state index contributed by atoms with van der Waals surface area (Å²) in [6.07, 6.45) is 3.70. The van der Waals surface area contributed by atoms with E-state index in [1.165, 1.54) is 19.3 Å². The maximum Gasteiger partial charge on any atom is 0.163 e. The zero-order valence-electron chi connectivity index (χ0n) is 10.0. The Balaban J connectivity index is 2.06. The van der Waals surface area contributed by atoms with Gasteiger partial charge in [-0.2, -0.15) is 0 Å². The molecule has 92 valence electrons. The van der Waals surface area contributed by atoms with E-state index in [1.807, 2.05) is 24.3 Å². The lowest BCUT2D eigenvalue weighted by Gasteiger charge is -2.40. The zero-order chi connectivity index (χ0) is 12.3. The zero-order valence-corrected chi connectivity index (χ0v) is 11.6. The Morgan fingerprint density at radius 2 is 2.12 bits per heavy atom. The van der Waals surface area contributed by atoms with Gasteiger partial charge < -0.3 is 4.74 Å². The van der Waals surface area contributed by atoms with Crippen molar-refractivity contribution in [3.05, 3.63) is 29.8 Å². The fourth-order valence-electron chi connectivity index (χ4n) is 2.11. The van der Waals surface area contributed by atoms with E-state index in [0.29, 0.717) is 17.9 Å². The number of carbonyl (C=O) groups is 1. The topological polar surface area (TPSA) is 26.3 Å². The van der Waals surface area contributed by atoms with Crippen molar-refractivity contribution in [2.75, 3.05) is 11.9 Å². The van der Waals surface area contributed by atoms with Gasteiger partial charge in [0.25, 0.3) is 0 Å². The van der Waals surface area contributed by atoms with Gasteiger partial charge in [-0.15, -0.1) is 0 Å². The number of ketones is 1. The molecule has 1 aromatic rings. The highest BCUT2D eigenvalue weighted by Gasteiger charge is 2.36. The van der Waals surface area contributed by atoms with Gasteiger partial charge in [-0.05, 0) is 31.9 Å². The van der Waals surface area contributed by atoms with Gasteiger partial charge in [0.2, 0.25) is 0 Å². The molecule has 0 atom stereocenters. The number of hydrogen-bond acceptors (Lipinski definition) is 2. The molecule has 0 N–H and O–H groups in total. The molecule has 0 aromatic heterocycles. The molecule has 1 aromatic carbocycles. The van der Waals surface area contributed by atoms with Crippen LogP contribution in [0.15, 0.2) is 24.3 Å². The quantitative estimate of drug-likeness (QED) is 0.610. The van der Waals surface area contributed by atoms with Gasteiger partial charge in [0.15, 0.2) is 5.78 Å². The van der Waals surface area contributed by atoms with Crippen molar-refractivity contribution in [3.8, 4) is 5.75 Å². The summed E-state index contributed by atoms with van der Waals surface area (Å²) in [5.74, 6) is 0.773. The average Bonchev–Trinajstić information content (AvgIpc) is 2.28. The molecule has 0 spiro atoms. The first-order valence-electron chi connectivity index (χ1n) is 5.96. The van der Waals surface area contributed by atoms with Crippen molar-refractivity contribution >= 4 is 21.7 Å². The highest BCUT2D eigenvalue weighted by Crippen LogP contribution is 2.42. The fraction of sp³-hybridized carbons (Fsp3) is 0.500. The number of halogens is 1. The van der Waals surface area contributed by atoms with Crippen LogP contribution in [0.1, 0.15) is 36.5 Å². The first-order valence-corrected chi connectivity index (χ1v) is 7.08. The predicted molar refractivity (Wildman–Crippen MR) is 72.0 cm³/mol. The molecule has 2 rings (SSSR count). The molecule has 0 unspecified atom stereocenters. The number of alkyl halides is 1. The molecule has 0 aliphatic heterocycles. The predicted octanol–water partition coefficient (Wildman–Crippen LogP) is 3.83. The van der Waals surface area contributed by atoms with Gasteiger partial charge in [0, 0.05) is 10.7 Å². The maximum absolute atomic E-state index is 11.5. The second-order valence-electron chi connectivity index (χ2n) is 4.83. The number of carbonyl (C=O) groups excluding carboxylic acids is 1. The Morgan fingerprint density at radius 3 is 2.65 bits per heavy atom. The summed E-state index contributed by atoms with van der Waals surface area (Å²) in [5, 5.41) is 0.974. The SMILES string of the molecule is CC(=O)c1ccccc1OCC1(CBr)CCC1. The first kappa shape index (κ1) is 12.6. The molecule has 1 aliphatic rings. The molecule has 0 heterocycles. The molecule has 1 fully saturated rings. The maximum atomic E-state index is 11.5. The molecule has 0 saturated heterocycles. The summed E-state index contributed by atoms with van der Waals surface area (Å²) < 4.78 is 5.85. The number of rotatable bonds is 5. The number of ether oxygens (including phenoxy) is 1. The second kappa shape index (κ2) is 5.21. The van der Waals surface area contributed by atoms with Gasteiger partial charge in [0.1, 0.15) is 5.75 Å².